The molecule has 0 aromatic rings. The zero-order valence-electron chi connectivity index (χ0n) is 9.54. The van der Waals surface area contributed by atoms with Gasteiger partial charge in [0.25, 0.3) is 0 Å². The number of nitrogens with one attached hydrogen (secondary N) is 1. The Morgan fingerprint density at radius 1 is 1.47 bits per heavy atom. The largest absolute Gasteiger partial charge is 0.481 e. The number of aliphatic carboxylic acids is 1. The van der Waals surface area contributed by atoms with Crippen molar-refractivity contribution in [2.45, 2.75) is 38.6 Å². The van der Waals surface area contributed by atoms with E-state index in [-0.39, 0.29) is 6.42 Å². The van der Waals surface area contributed by atoms with Crippen molar-refractivity contribution >= 4 is 5.97 Å². The van der Waals surface area contributed by atoms with Crippen LogP contribution in [0.4, 0.5) is 0 Å². The summed E-state index contributed by atoms with van der Waals surface area (Å²) in [4.78, 5) is 12.7. The second-order valence-electron chi connectivity index (χ2n) is 4.11. The van der Waals surface area contributed by atoms with Gasteiger partial charge in [0, 0.05) is 25.6 Å². The number of hydrogen-bond acceptors (Lipinski definition) is 3. The summed E-state index contributed by atoms with van der Waals surface area (Å²) in [5, 5.41) is 11.7. The van der Waals surface area contributed by atoms with Crippen LogP contribution < -0.4 is 5.32 Å². The van der Waals surface area contributed by atoms with Crippen molar-refractivity contribution in [2.24, 2.45) is 0 Å². The Morgan fingerprint density at radius 3 is 2.73 bits per heavy atom. The zero-order chi connectivity index (χ0) is 11.1. The summed E-state index contributed by atoms with van der Waals surface area (Å²) in [5.41, 5.74) is 0. The third-order valence-electron chi connectivity index (χ3n) is 2.79. The van der Waals surface area contributed by atoms with Crippen molar-refractivity contribution in [3.05, 3.63) is 0 Å². The summed E-state index contributed by atoms with van der Waals surface area (Å²) in [6, 6.07) is 0.829. The summed E-state index contributed by atoms with van der Waals surface area (Å²) in [6.07, 6.45) is 3.71. The van der Waals surface area contributed by atoms with Crippen LogP contribution in [0.1, 0.15) is 32.6 Å². The molecule has 88 valence electrons. The molecule has 1 fully saturated rings. The van der Waals surface area contributed by atoms with E-state index in [1.165, 1.54) is 12.8 Å². The Labute approximate surface area is 91.6 Å². The highest BCUT2D eigenvalue weighted by Crippen LogP contribution is 2.25. The highest BCUT2D eigenvalue weighted by Gasteiger charge is 2.26. The number of hydrogen-bond donors (Lipinski definition) is 2. The van der Waals surface area contributed by atoms with Crippen LogP contribution in [0.15, 0.2) is 0 Å². The van der Waals surface area contributed by atoms with Crippen LogP contribution in [-0.2, 0) is 4.79 Å². The fourth-order valence-electron chi connectivity index (χ4n) is 1.75. The molecule has 1 rings (SSSR count). The molecular weight excluding hydrogens is 192 g/mol. The smallest absolute Gasteiger partial charge is 0.303 e. The molecule has 0 amide bonds. The van der Waals surface area contributed by atoms with Crippen LogP contribution in [0.2, 0.25) is 0 Å². The molecule has 0 atom stereocenters. The minimum Gasteiger partial charge on any atom is -0.481 e. The maximum absolute atomic E-state index is 10.2. The molecule has 0 spiro atoms. The topological polar surface area (TPSA) is 52.6 Å². The quantitative estimate of drug-likeness (QED) is 0.561. The molecule has 1 aliphatic rings. The van der Waals surface area contributed by atoms with Gasteiger partial charge >= 0.3 is 5.97 Å². The first-order valence-electron chi connectivity index (χ1n) is 5.90. The summed E-state index contributed by atoms with van der Waals surface area (Å²) >= 11 is 0. The van der Waals surface area contributed by atoms with Gasteiger partial charge in [0.1, 0.15) is 0 Å². The predicted octanol–water partition coefficient (Wildman–Crippen LogP) is 0.925. The summed E-state index contributed by atoms with van der Waals surface area (Å²) in [5.74, 6) is -0.704. The van der Waals surface area contributed by atoms with Crippen molar-refractivity contribution in [3.63, 3.8) is 0 Å². The van der Waals surface area contributed by atoms with Gasteiger partial charge in [-0.2, -0.15) is 0 Å². The van der Waals surface area contributed by atoms with Crippen molar-refractivity contribution in [2.75, 3.05) is 26.2 Å². The first-order valence-corrected chi connectivity index (χ1v) is 5.90. The lowest BCUT2D eigenvalue weighted by atomic mass is 10.3. The lowest BCUT2D eigenvalue weighted by Crippen LogP contribution is -2.34. The van der Waals surface area contributed by atoms with E-state index in [9.17, 15) is 4.79 Å². The van der Waals surface area contributed by atoms with Gasteiger partial charge in [-0.25, -0.2) is 0 Å². The van der Waals surface area contributed by atoms with Crippen molar-refractivity contribution in [1.29, 1.82) is 0 Å². The van der Waals surface area contributed by atoms with Crippen molar-refractivity contribution in [1.82, 2.24) is 10.2 Å². The Hall–Kier alpha value is -0.610. The van der Waals surface area contributed by atoms with Gasteiger partial charge in [-0.3, -0.25) is 9.69 Å². The third kappa shape index (κ3) is 5.74. The van der Waals surface area contributed by atoms with Gasteiger partial charge < -0.3 is 10.4 Å². The van der Waals surface area contributed by atoms with Crippen molar-refractivity contribution < 1.29 is 9.90 Å². The normalized spacial score (nSPS) is 15.9. The maximum Gasteiger partial charge on any atom is 0.303 e. The van der Waals surface area contributed by atoms with Crippen LogP contribution >= 0.6 is 0 Å². The minimum atomic E-state index is -0.704. The van der Waals surface area contributed by atoms with E-state index < -0.39 is 5.97 Å². The Morgan fingerprint density at radius 2 is 2.20 bits per heavy atom. The molecular formula is C11H22N2O2. The van der Waals surface area contributed by atoms with Gasteiger partial charge in [-0.05, 0) is 32.4 Å². The molecule has 0 unspecified atom stereocenters. The highest BCUT2D eigenvalue weighted by atomic mass is 16.4. The number of nitrogens with zero attached hydrogens (tertiary/aromatic N) is 1. The summed E-state index contributed by atoms with van der Waals surface area (Å²) in [7, 11) is 0. The third-order valence-corrected chi connectivity index (χ3v) is 2.79. The minimum absolute atomic E-state index is 0.271. The van der Waals surface area contributed by atoms with Gasteiger partial charge in [0.2, 0.25) is 0 Å². The lowest BCUT2D eigenvalue weighted by molar-refractivity contribution is -0.137. The average molecular weight is 214 g/mol. The highest BCUT2D eigenvalue weighted by molar-refractivity contribution is 5.66. The van der Waals surface area contributed by atoms with Crippen LogP contribution in [0.25, 0.3) is 0 Å². The second kappa shape index (κ2) is 6.80. The first-order chi connectivity index (χ1) is 7.24. The van der Waals surface area contributed by atoms with E-state index >= 15 is 0 Å². The number of carboxylic acid groups (broad SMARTS) is 1. The van der Waals surface area contributed by atoms with Gasteiger partial charge in [-0.15, -0.1) is 0 Å². The van der Waals surface area contributed by atoms with Gasteiger partial charge in [0.05, 0.1) is 0 Å². The van der Waals surface area contributed by atoms with Crippen LogP contribution in [0.5, 0.6) is 0 Å². The maximum atomic E-state index is 10.2. The number of carbonyl (C=O) groups is 1. The SMILES string of the molecule is CCN(CCNCCCC(=O)O)C1CC1. The molecule has 0 saturated heterocycles. The molecule has 0 aromatic carbocycles. The van der Waals surface area contributed by atoms with E-state index in [0.717, 1.165) is 38.6 Å². The lowest BCUT2D eigenvalue weighted by Gasteiger charge is -2.19. The monoisotopic (exact) mass is 214 g/mol. The molecule has 1 saturated carbocycles. The van der Waals surface area contributed by atoms with Gasteiger partial charge in [-0.1, -0.05) is 6.92 Å². The second-order valence-corrected chi connectivity index (χ2v) is 4.11. The van der Waals surface area contributed by atoms with Crippen molar-refractivity contribution in [3.8, 4) is 0 Å². The molecule has 0 aliphatic heterocycles. The van der Waals surface area contributed by atoms with E-state index in [0.29, 0.717) is 0 Å². The molecule has 0 radical (unpaired) electrons. The predicted molar refractivity (Wildman–Crippen MR) is 60.0 cm³/mol. The summed E-state index contributed by atoms with van der Waals surface area (Å²) < 4.78 is 0. The Balaban J connectivity index is 1.89. The van der Waals surface area contributed by atoms with Gasteiger partial charge in [0.15, 0.2) is 0 Å². The average Bonchev–Trinajstić information content (AvgIpc) is 3.00. The molecule has 4 nitrogen and oxygen atoms in total. The fraction of sp³-hybridized carbons (Fsp3) is 0.909. The van der Waals surface area contributed by atoms with E-state index in [2.05, 4.69) is 17.1 Å². The molecule has 0 heterocycles. The van der Waals surface area contributed by atoms with E-state index in [1.54, 1.807) is 0 Å². The zero-order valence-corrected chi connectivity index (χ0v) is 9.54. The molecule has 4 heteroatoms. The van der Waals surface area contributed by atoms with E-state index in [4.69, 9.17) is 5.11 Å². The molecule has 2 N–H and O–H groups in total. The standard InChI is InChI=1S/C11H22N2O2/c1-2-13(10-5-6-10)9-8-12-7-3-4-11(14)15/h10,12H,2-9H2,1H3,(H,14,15). The molecule has 1 aliphatic carbocycles. The van der Waals surface area contributed by atoms with E-state index in [1.807, 2.05) is 0 Å². The first kappa shape index (κ1) is 12.5. The van der Waals surface area contributed by atoms with Crippen LogP contribution in [0, 0.1) is 0 Å². The molecule has 0 bridgehead atoms. The number of likely N-dealkylation sites (N-methyl/N-ethyl adjacent to an activating group) is 1. The van der Waals surface area contributed by atoms with Crippen LogP contribution in [0.3, 0.4) is 0 Å². The summed E-state index contributed by atoms with van der Waals surface area (Å²) in [6.45, 7) is 6.21. The Kier molecular flexibility index (Phi) is 5.65. The van der Waals surface area contributed by atoms with Crippen LogP contribution in [-0.4, -0.2) is 48.2 Å². The molecule has 15 heavy (non-hydrogen) atoms. The number of rotatable bonds is 9. The Bertz CT molecular complexity index is 193. The fourth-order valence-corrected chi connectivity index (χ4v) is 1.75. The molecule has 0 aromatic heterocycles. The number of carboxylic acids is 1.